The molecule has 0 saturated heterocycles. The molecule has 0 spiro atoms. The molecule has 6 rings (SSSR count). The number of ether oxygens (including phenoxy) is 1. The maximum absolute atomic E-state index is 12.8. The van der Waals surface area contributed by atoms with Crippen molar-refractivity contribution in [2.24, 2.45) is 16.0 Å². The second kappa shape index (κ2) is 9.74. The monoisotopic (exact) mass is 494 g/mol. The van der Waals surface area contributed by atoms with Gasteiger partial charge in [0, 0.05) is 5.92 Å². The summed E-state index contributed by atoms with van der Waals surface area (Å²) in [6.45, 7) is 0.469. The lowest BCUT2D eigenvalue weighted by Gasteiger charge is -2.20. The smallest absolute Gasteiger partial charge is 0.283 e. The number of hydrogen-bond donors (Lipinski definition) is 1. The van der Waals surface area contributed by atoms with Gasteiger partial charge in [-0.2, -0.15) is 15.1 Å². The predicted octanol–water partition coefficient (Wildman–Crippen LogP) is 6.62. The highest BCUT2D eigenvalue weighted by molar-refractivity contribution is 8.27. The number of rotatable bonds is 5. The van der Waals surface area contributed by atoms with E-state index < -0.39 is 5.91 Å². The Kier molecular flexibility index (Phi) is 6.15. The summed E-state index contributed by atoms with van der Waals surface area (Å²) in [5, 5.41) is 18.7. The van der Waals surface area contributed by atoms with Gasteiger partial charge >= 0.3 is 0 Å². The highest BCUT2D eigenvalue weighted by Gasteiger charge is 2.37. The Hall–Kier alpha value is -3.71. The van der Waals surface area contributed by atoms with Crippen LogP contribution < -0.4 is 4.74 Å². The molecule has 180 valence electrons. The summed E-state index contributed by atoms with van der Waals surface area (Å²) in [6.07, 6.45) is 7.63. The number of carbonyl (C=O) groups is 1. The maximum Gasteiger partial charge on any atom is 0.283 e. The molecule has 1 aliphatic carbocycles. The van der Waals surface area contributed by atoms with Crippen molar-refractivity contribution in [3.8, 4) is 5.75 Å². The number of nitrogens with zero attached hydrogens (tertiary/aromatic N) is 3. The Balaban J connectivity index is 1.16. The molecule has 2 aliphatic heterocycles. The lowest BCUT2D eigenvalue weighted by Crippen LogP contribution is -2.35. The summed E-state index contributed by atoms with van der Waals surface area (Å²) in [6, 6.07) is 22.0. The topological polar surface area (TPSA) is 78.1 Å². The van der Waals surface area contributed by atoms with Gasteiger partial charge in [-0.05, 0) is 64.7 Å². The first-order valence-corrected chi connectivity index (χ1v) is 13.2. The second-order valence-electron chi connectivity index (χ2n) is 9.29. The van der Waals surface area contributed by atoms with Crippen molar-refractivity contribution in [3.63, 3.8) is 0 Å². The van der Waals surface area contributed by atoms with Crippen LogP contribution in [0.25, 0.3) is 16.8 Å². The molecular weight excluding hydrogens is 468 g/mol. The third-order valence-corrected chi connectivity index (χ3v) is 7.96. The number of amides is 1. The van der Waals surface area contributed by atoms with E-state index in [9.17, 15) is 4.79 Å². The molecule has 1 N–H and O–H groups in total. The van der Waals surface area contributed by atoms with Crippen LogP contribution >= 0.6 is 11.8 Å². The molecule has 7 heteroatoms. The molecule has 36 heavy (non-hydrogen) atoms. The molecule has 0 aromatic heterocycles. The van der Waals surface area contributed by atoms with Crippen molar-refractivity contribution in [2.45, 2.75) is 38.7 Å². The van der Waals surface area contributed by atoms with Crippen LogP contribution in [-0.2, 0) is 11.4 Å². The zero-order chi connectivity index (χ0) is 24.5. The number of nitrogens with one attached hydrogen (secondary N) is 1. The summed E-state index contributed by atoms with van der Waals surface area (Å²) in [4.78, 5) is 17.0. The van der Waals surface area contributed by atoms with Gasteiger partial charge in [0.05, 0.1) is 5.57 Å². The van der Waals surface area contributed by atoms with Crippen LogP contribution in [0, 0.1) is 11.3 Å². The van der Waals surface area contributed by atoms with Crippen LogP contribution in [0.3, 0.4) is 0 Å². The molecule has 0 bridgehead atoms. The number of thioether (sulfide) groups is 1. The molecule has 3 aliphatic rings. The van der Waals surface area contributed by atoms with Crippen LogP contribution in [0.5, 0.6) is 5.75 Å². The third-order valence-electron chi connectivity index (χ3n) is 6.89. The van der Waals surface area contributed by atoms with Crippen molar-refractivity contribution in [2.75, 3.05) is 0 Å². The van der Waals surface area contributed by atoms with Crippen LogP contribution in [0.1, 0.15) is 43.2 Å². The Labute approximate surface area is 214 Å². The molecule has 3 aromatic carbocycles. The second-order valence-corrected chi connectivity index (χ2v) is 10.3. The molecule has 0 radical (unpaired) electrons. The highest BCUT2D eigenvalue weighted by Crippen LogP contribution is 2.36. The summed E-state index contributed by atoms with van der Waals surface area (Å²) < 4.78 is 6.03. The maximum atomic E-state index is 12.8. The average molecular weight is 495 g/mol. The van der Waals surface area contributed by atoms with E-state index in [-0.39, 0.29) is 11.4 Å². The van der Waals surface area contributed by atoms with Crippen LogP contribution in [0.4, 0.5) is 0 Å². The number of hydrogen-bond acceptors (Lipinski definition) is 5. The lowest BCUT2D eigenvalue weighted by molar-refractivity contribution is -0.114. The van der Waals surface area contributed by atoms with Crippen LogP contribution in [0.2, 0.25) is 0 Å². The molecule has 0 atom stereocenters. The van der Waals surface area contributed by atoms with Gasteiger partial charge in [0.15, 0.2) is 5.84 Å². The standard InChI is InChI=1S/C29H26N4O2S/c30-26-25(27(34)31-29-33(26)32-28(36-29)21-8-2-1-3-9-21)17-19-13-15-23(16-14-19)35-18-22-11-6-10-20-7-4-5-12-24(20)22/h4-7,10-17,21,30H,1-3,8-9,18H2/b25-17-,30-26?. The predicted molar refractivity (Wildman–Crippen MR) is 146 cm³/mol. The van der Waals surface area contributed by atoms with Gasteiger partial charge in [0.25, 0.3) is 5.91 Å². The van der Waals surface area contributed by atoms with Crippen molar-refractivity contribution in [3.05, 3.63) is 83.4 Å². The Bertz CT molecular complexity index is 1430. The number of amidine groups is 2. The first-order valence-electron chi connectivity index (χ1n) is 12.4. The lowest BCUT2D eigenvalue weighted by atomic mass is 9.90. The minimum absolute atomic E-state index is 0.0830. The molecule has 2 heterocycles. The van der Waals surface area contributed by atoms with Crippen molar-refractivity contribution in [1.82, 2.24) is 5.01 Å². The van der Waals surface area contributed by atoms with Gasteiger partial charge < -0.3 is 4.74 Å². The highest BCUT2D eigenvalue weighted by atomic mass is 32.2. The zero-order valence-electron chi connectivity index (χ0n) is 19.8. The molecule has 1 amide bonds. The van der Waals surface area contributed by atoms with E-state index in [4.69, 9.17) is 10.1 Å². The van der Waals surface area contributed by atoms with E-state index >= 15 is 0 Å². The van der Waals surface area contributed by atoms with Crippen LogP contribution in [-0.4, -0.2) is 27.0 Å². The van der Waals surface area contributed by atoms with Crippen LogP contribution in [0.15, 0.2) is 82.4 Å². The average Bonchev–Trinajstić information content (AvgIpc) is 3.35. The summed E-state index contributed by atoms with van der Waals surface area (Å²) in [7, 11) is 0. The summed E-state index contributed by atoms with van der Waals surface area (Å²) in [5.74, 6) is 0.844. The summed E-state index contributed by atoms with van der Waals surface area (Å²) >= 11 is 1.44. The van der Waals surface area contributed by atoms with Crippen molar-refractivity contribution >= 4 is 50.6 Å². The molecule has 1 fully saturated rings. The van der Waals surface area contributed by atoms with Crippen molar-refractivity contribution in [1.29, 1.82) is 5.41 Å². The van der Waals surface area contributed by atoms with E-state index in [2.05, 4.69) is 34.4 Å². The summed E-state index contributed by atoms with van der Waals surface area (Å²) in [5.41, 5.74) is 2.19. The number of benzene rings is 3. The van der Waals surface area contributed by atoms with Gasteiger partial charge in [-0.3, -0.25) is 10.2 Å². The van der Waals surface area contributed by atoms with Gasteiger partial charge in [-0.15, -0.1) is 0 Å². The number of aliphatic imine (C=N–C) groups is 1. The fourth-order valence-corrected chi connectivity index (χ4v) is 5.99. The van der Waals surface area contributed by atoms with E-state index in [1.165, 1.54) is 46.8 Å². The van der Waals surface area contributed by atoms with Gasteiger partial charge in [-0.25, -0.2) is 0 Å². The fourth-order valence-electron chi connectivity index (χ4n) is 4.93. The van der Waals surface area contributed by atoms with Gasteiger partial charge in [0.1, 0.15) is 17.4 Å². The normalized spacial score (nSPS) is 19.4. The fraction of sp³-hybridized carbons (Fsp3) is 0.241. The Morgan fingerprint density at radius 1 is 1.00 bits per heavy atom. The minimum atomic E-state index is -0.393. The number of hydrazone groups is 1. The SMILES string of the molecule is N=C1/C(=C/c2ccc(OCc3cccc4ccccc34)cc2)C(=O)N=C2SC(C3CCCCC3)=NN12. The Morgan fingerprint density at radius 2 is 1.78 bits per heavy atom. The van der Waals surface area contributed by atoms with E-state index in [0.29, 0.717) is 17.7 Å². The first kappa shape index (κ1) is 22.7. The number of carbonyl (C=O) groups excluding carboxylic acids is 1. The number of fused-ring (bicyclic) bond motifs is 2. The van der Waals surface area contributed by atoms with Gasteiger partial charge in [-0.1, -0.05) is 73.9 Å². The largest absolute Gasteiger partial charge is 0.489 e. The quantitative estimate of drug-likeness (QED) is 0.405. The zero-order valence-corrected chi connectivity index (χ0v) is 20.6. The van der Waals surface area contributed by atoms with Gasteiger partial charge in [0.2, 0.25) is 5.17 Å². The molecule has 6 nitrogen and oxygen atoms in total. The molecule has 0 unspecified atom stereocenters. The minimum Gasteiger partial charge on any atom is -0.489 e. The van der Waals surface area contributed by atoms with E-state index in [1.54, 1.807) is 6.08 Å². The van der Waals surface area contributed by atoms with E-state index in [0.717, 1.165) is 34.8 Å². The molecular formula is C29H26N4O2S. The first-order chi connectivity index (χ1) is 17.7. The molecule has 3 aromatic rings. The molecule has 1 saturated carbocycles. The Morgan fingerprint density at radius 3 is 2.61 bits per heavy atom. The third kappa shape index (κ3) is 4.46. The van der Waals surface area contributed by atoms with Crippen molar-refractivity contribution < 1.29 is 9.53 Å². The van der Waals surface area contributed by atoms with E-state index in [1.807, 2.05) is 42.5 Å².